The van der Waals surface area contributed by atoms with Crippen LogP contribution in [0, 0.1) is 0 Å². The first-order valence-electron chi connectivity index (χ1n) is 4.97. The Bertz CT molecular complexity index is 517. The summed E-state index contributed by atoms with van der Waals surface area (Å²) in [6.45, 7) is 5.68. The lowest BCUT2D eigenvalue weighted by Gasteiger charge is -2.25. The number of hydrogen-bond donors (Lipinski definition) is 3. The van der Waals surface area contributed by atoms with E-state index in [1.807, 2.05) is 0 Å². The van der Waals surface area contributed by atoms with Crippen molar-refractivity contribution in [3.63, 3.8) is 0 Å². The Morgan fingerprint density at radius 2 is 1.74 bits per heavy atom. The highest BCUT2D eigenvalue weighted by Crippen LogP contribution is 2.16. The SMILES string of the molecule is C=CN1C=CN(C(CC)S(=O)(=O)O)C1.O=S(=O)(O)O. The van der Waals surface area contributed by atoms with Gasteiger partial charge in [0, 0.05) is 12.4 Å². The van der Waals surface area contributed by atoms with E-state index in [-0.39, 0.29) is 0 Å². The summed E-state index contributed by atoms with van der Waals surface area (Å²) in [4.78, 5) is 3.28. The molecule has 0 aromatic heterocycles. The van der Waals surface area contributed by atoms with Crippen LogP contribution in [0.15, 0.2) is 25.2 Å². The Kier molecular flexibility index (Phi) is 6.45. The second-order valence-corrected chi connectivity index (χ2v) is 5.95. The van der Waals surface area contributed by atoms with Gasteiger partial charge in [0.1, 0.15) is 0 Å². The van der Waals surface area contributed by atoms with Crippen LogP contribution >= 0.6 is 0 Å². The van der Waals surface area contributed by atoms with E-state index in [9.17, 15) is 8.42 Å². The molecule has 19 heavy (non-hydrogen) atoms. The molecule has 0 spiro atoms. The summed E-state index contributed by atoms with van der Waals surface area (Å²) >= 11 is 0. The predicted molar refractivity (Wildman–Crippen MR) is 67.7 cm³/mol. The average Bonchev–Trinajstić information content (AvgIpc) is 2.62. The fourth-order valence-electron chi connectivity index (χ4n) is 1.38. The van der Waals surface area contributed by atoms with Crippen molar-refractivity contribution < 1.29 is 30.5 Å². The summed E-state index contributed by atoms with van der Waals surface area (Å²) in [5.74, 6) is 0. The molecule has 1 aliphatic rings. The van der Waals surface area contributed by atoms with Gasteiger partial charge in [-0.25, -0.2) is 0 Å². The molecule has 0 aliphatic carbocycles. The standard InChI is InChI=1S/C8H14N2O3S.H2O4S/c1-3-8(14(11,12)13)10-6-5-9(4-2)7-10;1-5(2,3)4/h4-6,8H,2-3,7H2,1H3,(H,11,12,13);(H2,1,2,3,4). The molecule has 0 aromatic rings. The van der Waals surface area contributed by atoms with Crippen LogP contribution in [-0.4, -0.2) is 52.3 Å². The number of nitrogens with zero attached hydrogens (tertiary/aromatic N) is 2. The molecule has 0 saturated carbocycles. The summed E-state index contributed by atoms with van der Waals surface area (Å²) in [6, 6.07) is 0. The largest absolute Gasteiger partial charge is 0.394 e. The van der Waals surface area contributed by atoms with Gasteiger partial charge in [0.15, 0.2) is 5.37 Å². The van der Waals surface area contributed by atoms with Gasteiger partial charge in [-0.05, 0) is 12.6 Å². The van der Waals surface area contributed by atoms with E-state index in [1.165, 1.54) is 0 Å². The van der Waals surface area contributed by atoms with Crippen molar-refractivity contribution in [1.82, 2.24) is 9.80 Å². The van der Waals surface area contributed by atoms with E-state index >= 15 is 0 Å². The highest BCUT2D eigenvalue weighted by Gasteiger charge is 2.28. The molecule has 0 saturated heterocycles. The van der Waals surface area contributed by atoms with Crippen LogP contribution in [0.4, 0.5) is 0 Å². The van der Waals surface area contributed by atoms with Crippen LogP contribution in [0.5, 0.6) is 0 Å². The molecule has 9 nitrogen and oxygen atoms in total. The molecule has 3 N–H and O–H groups in total. The molecule has 0 fully saturated rings. The Labute approximate surface area is 112 Å². The molecule has 0 radical (unpaired) electrons. The monoisotopic (exact) mass is 316 g/mol. The Hall–Kier alpha value is -1.14. The van der Waals surface area contributed by atoms with Crippen LogP contribution in [0.25, 0.3) is 0 Å². The fourth-order valence-corrected chi connectivity index (χ4v) is 2.28. The highest BCUT2D eigenvalue weighted by molar-refractivity contribution is 7.86. The van der Waals surface area contributed by atoms with Crippen molar-refractivity contribution >= 4 is 20.5 Å². The smallest absolute Gasteiger partial charge is 0.340 e. The quantitative estimate of drug-likeness (QED) is 0.619. The van der Waals surface area contributed by atoms with Crippen LogP contribution in [0.3, 0.4) is 0 Å². The topological polar surface area (TPSA) is 135 Å². The Morgan fingerprint density at radius 1 is 1.26 bits per heavy atom. The third-order valence-electron chi connectivity index (χ3n) is 2.07. The van der Waals surface area contributed by atoms with E-state index < -0.39 is 25.9 Å². The van der Waals surface area contributed by atoms with Gasteiger partial charge < -0.3 is 9.80 Å². The zero-order chi connectivity index (χ0) is 15.3. The van der Waals surface area contributed by atoms with Crippen molar-refractivity contribution in [2.24, 2.45) is 0 Å². The summed E-state index contributed by atoms with van der Waals surface area (Å²) in [5, 5.41) is -0.872. The minimum absolute atomic E-state index is 0.341. The van der Waals surface area contributed by atoms with Gasteiger partial charge in [0.05, 0.1) is 6.67 Å². The first kappa shape index (κ1) is 17.9. The lowest BCUT2D eigenvalue weighted by atomic mass is 10.4. The van der Waals surface area contributed by atoms with Gasteiger partial charge in [0.2, 0.25) is 0 Å². The summed E-state index contributed by atoms with van der Waals surface area (Å²) < 4.78 is 62.5. The normalized spacial score (nSPS) is 16.8. The molecule has 1 atom stereocenters. The minimum atomic E-state index is -4.67. The van der Waals surface area contributed by atoms with Gasteiger partial charge in [-0.15, -0.1) is 0 Å². The van der Waals surface area contributed by atoms with Crippen molar-refractivity contribution in [2.45, 2.75) is 18.7 Å². The molecule has 0 bridgehead atoms. The van der Waals surface area contributed by atoms with Gasteiger partial charge >= 0.3 is 10.4 Å². The van der Waals surface area contributed by atoms with Crippen molar-refractivity contribution in [3.05, 3.63) is 25.2 Å². The van der Waals surface area contributed by atoms with Crippen molar-refractivity contribution in [3.8, 4) is 0 Å². The predicted octanol–water partition coefficient (Wildman–Crippen LogP) is 0.147. The third kappa shape index (κ3) is 7.79. The van der Waals surface area contributed by atoms with Crippen LogP contribution in [0.1, 0.15) is 13.3 Å². The molecule has 0 amide bonds. The van der Waals surface area contributed by atoms with E-state index in [0.717, 1.165) is 0 Å². The summed E-state index contributed by atoms with van der Waals surface area (Å²) in [6.07, 6.45) is 5.27. The molecule has 11 heteroatoms. The average molecular weight is 316 g/mol. The van der Waals surface area contributed by atoms with E-state index in [0.29, 0.717) is 13.1 Å². The number of hydrogen-bond acceptors (Lipinski definition) is 6. The maximum absolute atomic E-state index is 11.0. The molecule has 1 heterocycles. The Morgan fingerprint density at radius 3 is 2.00 bits per heavy atom. The van der Waals surface area contributed by atoms with E-state index in [1.54, 1.807) is 35.3 Å². The second-order valence-electron chi connectivity index (χ2n) is 3.48. The lowest BCUT2D eigenvalue weighted by Crippen LogP contribution is -2.37. The van der Waals surface area contributed by atoms with Crippen LogP contribution < -0.4 is 0 Å². The maximum Gasteiger partial charge on any atom is 0.394 e. The molecule has 1 rings (SSSR count). The zero-order valence-electron chi connectivity index (χ0n) is 10.1. The van der Waals surface area contributed by atoms with Gasteiger partial charge in [-0.2, -0.15) is 16.8 Å². The number of rotatable bonds is 4. The first-order chi connectivity index (χ1) is 8.49. The zero-order valence-corrected chi connectivity index (χ0v) is 11.7. The molecule has 1 aliphatic heterocycles. The van der Waals surface area contributed by atoms with Gasteiger partial charge in [-0.3, -0.25) is 13.7 Å². The fraction of sp³-hybridized carbons (Fsp3) is 0.500. The van der Waals surface area contributed by atoms with Crippen molar-refractivity contribution in [2.75, 3.05) is 6.67 Å². The lowest BCUT2D eigenvalue weighted by molar-refractivity contribution is 0.273. The summed E-state index contributed by atoms with van der Waals surface area (Å²) in [5.41, 5.74) is 0. The first-order valence-corrected chi connectivity index (χ1v) is 7.87. The highest BCUT2D eigenvalue weighted by atomic mass is 32.3. The van der Waals surface area contributed by atoms with E-state index in [2.05, 4.69) is 6.58 Å². The van der Waals surface area contributed by atoms with Gasteiger partial charge in [-0.1, -0.05) is 13.5 Å². The van der Waals surface area contributed by atoms with Crippen molar-refractivity contribution in [1.29, 1.82) is 0 Å². The molecule has 1 unspecified atom stereocenters. The maximum atomic E-state index is 11.0. The Balaban J connectivity index is 0.000000555. The minimum Gasteiger partial charge on any atom is -0.340 e. The van der Waals surface area contributed by atoms with Gasteiger partial charge in [0.25, 0.3) is 10.1 Å². The molecular formula is C8H16N2O7S2. The van der Waals surface area contributed by atoms with Crippen LogP contribution in [0.2, 0.25) is 0 Å². The van der Waals surface area contributed by atoms with E-state index in [4.69, 9.17) is 22.1 Å². The second kappa shape index (κ2) is 6.86. The third-order valence-corrected chi connectivity index (χ3v) is 3.37. The summed E-state index contributed by atoms with van der Waals surface area (Å²) in [7, 11) is -8.68. The van der Waals surface area contributed by atoms with Crippen LogP contribution in [-0.2, 0) is 20.5 Å². The molecule has 0 aromatic carbocycles. The molecular weight excluding hydrogens is 300 g/mol. The molecule has 112 valence electrons.